The van der Waals surface area contributed by atoms with E-state index in [0.717, 1.165) is 21.1 Å². The molecule has 1 amide bonds. The predicted molar refractivity (Wildman–Crippen MR) is 121 cm³/mol. The Balaban J connectivity index is 1.41. The fraction of sp³-hybridized carbons (Fsp3) is 0.208. The van der Waals surface area contributed by atoms with Gasteiger partial charge in [0.05, 0.1) is 17.4 Å². The number of aromatic nitrogens is 2. The number of carbonyl (C=O) groups is 1. The number of benzene rings is 3. The average Bonchev–Trinajstić information content (AvgIpc) is 2.80. The molecule has 0 fully saturated rings. The highest BCUT2D eigenvalue weighted by atomic mass is 16.5. The first-order chi connectivity index (χ1) is 15.1. The predicted octanol–water partition coefficient (Wildman–Crippen LogP) is 2.53. The van der Waals surface area contributed by atoms with Gasteiger partial charge >= 0.3 is 5.69 Å². The summed E-state index contributed by atoms with van der Waals surface area (Å²) in [4.78, 5) is 37.7. The molecule has 1 aromatic heterocycles. The second-order valence-corrected chi connectivity index (χ2v) is 7.14. The van der Waals surface area contributed by atoms with Crippen molar-refractivity contribution in [3.8, 4) is 5.75 Å². The number of nitrogens with one attached hydrogen (secondary N) is 1. The van der Waals surface area contributed by atoms with E-state index >= 15 is 0 Å². The van der Waals surface area contributed by atoms with Crippen LogP contribution in [0.15, 0.2) is 76.3 Å². The molecule has 0 aliphatic heterocycles. The maximum Gasteiger partial charge on any atom is 0.331 e. The van der Waals surface area contributed by atoms with Crippen LogP contribution >= 0.6 is 0 Å². The molecule has 7 heteroatoms. The molecule has 0 atom stereocenters. The summed E-state index contributed by atoms with van der Waals surface area (Å²) in [6.07, 6.45) is 0. The molecular weight excluding hydrogens is 394 g/mol. The van der Waals surface area contributed by atoms with Gasteiger partial charge in [0, 0.05) is 6.54 Å². The van der Waals surface area contributed by atoms with Gasteiger partial charge in [0.1, 0.15) is 18.9 Å². The molecule has 0 saturated carbocycles. The lowest BCUT2D eigenvalue weighted by Gasteiger charge is -2.13. The molecule has 4 aromatic rings. The van der Waals surface area contributed by atoms with E-state index in [4.69, 9.17) is 4.74 Å². The van der Waals surface area contributed by atoms with Crippen molar-refractivity contribution in [1.29, 1.82) is 0 Å². The highest BCUT2D eigenvalue weighted by Crippen LogP contribution is 2.20. The number of carbonyl (C=O) groups excluding carboxylic acids is 1. The number of para-hydroxylation sites is 1. The van der Waals surface area contributed by atoms with Crippen molar-refractivity contribution >= 4 is 27.6 Å². The third-order valence-corrected chi connectivity index (χ3v) is 5.16. The molecule has 7 nitrogen and oxygen atoms in total. The summed E-state index contributed by atoms with van der Waals surface area (Å²) in [5.41, 5.74) is -0.387. The van der Waals surface area contributed by atoms with E-state index < -0.39 is 5.69 Å². The largest absolute Gasteiger partial charge is 0.492 e. The van der Waals surface area contributed by atoms with Gasteiger partial charge in [-0.25, -0.2) is 4.79 Å². The van der Waals surface area contributed by atoms with Crippen LogP contribution < -0.4 is 21.3 Å². The van der Waals surface area contributed by atoms with E-state index in [1.165, 1.54) is 4.57 Å². The van der Waals surface area contributed by atoms with Crippen LogP contribution in [0.4, 0.5) is 0 Å². The van der Waals surface area contributed by atoms with Crippen molar-refractivity contribution in [2.24, 2.45) is 0 Å². The molecule has 0 aliphatic rings. The first kappa shape index (κ1) is 20.4. The zero-order valence-electron chi connectivity index (χ0n) is 17.2. The summed E-state index contributed by atoms with van der Waals surface area (Å²) >= 11 is 0. The molecule has 4 rings (SSSR count). The van der Waals surface area contributed by atoms with Crippen LogP contribution in [-0.2, 0) is 17.9 Å². The first-order valence-corrected chi connectivity index (χ1v) is 10.2. The summed E-state index contributed by atoms with van der Waals surface area (Å²) in [7, 11) is 0. The van der Waals surface area contributed by atoms with Crippen molar-refractivity contribution in [1.82, 2.24) is 14.5 Å². The van der Waals surface area contributed by atoms with Gasteiger partial charge in [0.25, 0.3) is 5.56 Å². The van der Waals surface area contributed by atoms with Crippen molar-refractivity contribution < 1.29 is 9.53 Å². The summed E-state index contributed by atoms with van der Waals surface area (Å²) < 4.78 is 8.20. The number of hydrogen-bond donors (Lipinski definition) is 1. The van der Waals surface area contributed by atoms with Crippen LogP contribution in [0.25, 0.3) is 21.7 Å². The zero-order valence-corrected chi connectivity index (χ0v) is 17.2. The Hall–Kier alpha value is -3.87. The van der Waals surface area contributed by atoms with Crippen LogP contribution in [0, 0.1) is 0 Å². The SMILES string of the molecule is CCn1c(=O)c2ccccc2n(CC(=O)NCCOc2ccc3ccccc3c2)c1=O. The second kappa shape index (κ2) is 8.87. The maximum absolute atomic E-state index is 12.7. The molecule has 158 valence electrons. The van der Waals surface area contributed by atoms with Gasteiger partial charge < -0.3 is 10.1 Å². The van der Waals surface area contributed by atoms with Crippen LogP contribution in [0.3, 0.4) is 0 Å². The third kappa shape index (κ3) is 4.21. The normalized spacial score (nSPS) is 11.0. The number of ether oxygens (including phenoxy) is 1. The average molecular weight is 417 g/mol. The van der Waals surface area contributed by atoms with Gasteiger partial charge in [-0.05, 0) is 42.0 Å². The minimum Gasteiger partial charge on any atom is -0.492 e. The van der Waals surface area contributed by atoms with Crippen molar-refractivity contribution in [2.75, 3.05) is 13.2 Å². The van der Waals surface area contributed by atoms with Gasteiger partial charge in [0.15, 0.2) is 0 Å². The van der Waals surface area contributed by atoms with Crippen molar-refractivity contribution in [2.45, 2.75) is 20.0 Å². The minimum absolute atomic E-state index is 0.171. The Labute approximate surface area is 178 Å². The standard InChI is InChI=1S/C24H23N3O4/c1-2-26-23(29)20-9-5-6-10-21(20)27(24(26)30)16-22(28)25-13-14-31-19-12-11-17-7-3-4-8-18(17)15-19/h3-12,15H,2,13-14,16H2,1H3,(H,25,28). The summed E-state index contributed by atoms with van der Waals surface area (Å²) in [6.45, 7) is 2.39. The molecule has 1 heterocycles. The highest BCUT2D eigenvalue weighted by Gasteiger charge is 2.14. The Morgan fingerprint density at radius 3 is 2.48 bits per heavy atom. The lowest BCUT2D eigenvalue weighted by Crippen LogP contribution is -2.42. The smallest absolute Gasteiger partial charge is 0.331 e. The number of hydrogen-bond acceptors (Lipinski definition) is 4. The van der Waals surface area contributed by atoms with Gasteiger partial charge in [-0.2, -0.15) is 0 Å². The highest BCUT2D eigenvalue weighted by molar-refractivity contribution is 5.84. The first-order valence-electron chi connectivity index (χ1n) is 10.2. The maximum atomic E-state index is 12.7. The molecule has 31 heavy (non-hydrogen) atoms. The minimum atomic E-state index is -0.492. The van der Waals surface area contributed by atoms with E-state index in [1.807, 2.05) is 42.5 Å². The van der Waals surface area contributed by atoms with E-state index in [9.17, 15) is 14.4 Å². The van der Waals surface area contributed by atoms with Crippen LogP contribution in [0.5, 0.6) is 5.75 Å². The number of fused-ring (bicyclic) bond motifs is 2. The lowest BCUT2D eigenvalue weighted by molar-refractivity contribution is -0.121. The van der Waals surface area contributed by atoms with Crippen LogP contribution in [0.1, 0.15) is 6.92 Å². The fourth-order valence-electron chi connectivity index (χ4n) is 3.62. The van der Waals surface area contributed by atoms with Crippen LogP contribution in [0.2, 0.25) is 0 Å². The molecule has 0 aliphatic carbocycles. The fourth-order valence-corrected chi connectivity index (χ4v) is 3.62. The van der Waals surface area contributed by atoms with E-state index in [0.29, 0.717) is 24.1 Å². The van der Waals surface area contributed by atoms with Gasteiger partial charge in [-0.3, -0.25) is 18.7 Å². The third-order valence-electron chi connectivity index (χ3n) is 5.16. The Morgan fingerprint density at radius 1 is 0.935 bits per heavy atom. The lowest BCUT2D eigenvalue weighted by atomic mass is 10.1. The van der Waals surface area contributed by atoms with Crippen molar-refractivity contribution in [3.63, 3.8) is 0 Å². The Morgan fingerprint density at radius 2 is 1.68 bits per heavy atom. The van der Waals surface area contributed by atoms with Gasteiger partial charge in [-0.15, -0.1) is 0 Å². The van der Waals surface area contributed by atoms with Crippen LogP contribution in [-0.4, -0.2) is 28.2 Å². The summed E-state index contributed by atoms with van der Waals surface area (Å²) in [6, 6.07) is 20.7. The van der Waals surface area contributed by atoms with E-state index in [-0.39, 0.29) is 24.6 Å². The summed E-state index contributed by atoms with van der Waals surface area (Å²) in [5, 5.41) is 5.40. The monoisotopic (exact) mass is 417 g/mol. The molecular formula is C24H23N3O4. The number of rotatable bonds is 7. The summed E-state index contributed by atoms with van der Waals surface area (Å²) in [5.74, 6) is 0.404. The number of nitrogens with zero attached hydrogens (tertiary/aromatic N) is 2. The molecule has 0 spiro atoms. The second-order valence-electron chi connectivity index (χ2n) is 7.14. The number of amides is 1. The zero-order chi connectivity index (χ0) is 21.8. The molecule has 0 unspecified atom stereocenters. The Bertz CT molecular complexity index is 1370. The molecule has 0 radical (unpaired) electrons. The van der Waals surface area contributed by atoms with E-state index in [1.54, 1.807) is 31.2 Å². The van der Waals surface area contributed by atoms with E-state index in [2.05, 4.69) is 5.32 Å². The molecule has 0 bridgehead atoms. The Kier molecular flexibility index (Phi) is 5.84. The molecule has 0 saturated heterocycles. The van der Waals surface area contributed by atoms with Gasteiger partial charge in [0.2, 0.25) is 5.91 Å². The molecule has 1 N–H and O–H groups in total. The quantitative estimate of drug-likeness (QED) is 0.469. The molecule has 3 aromatic carbocycles. The van der Waals surface area contributed by atoms with Crippen molar-refractivity contribution in [3.05, 3.63) is 87.6 Å². The topological polar surface area (TPSA) is 82.3 Å². The van der Waals surface area contributed by atoms with Gasteiger partial charge in [-0.1, -0.05) is 42.5 Å².